The van der Waals surface area contributed by atoms with Crippen LogP contribution in [0.15, 0.2) is 60.7 Å². The van der Waals surface area contributed by atoms with E-state index in [4.69, 9.17) is 4.43 Å². The Hall–Kier alpha value is -2.84. The van der Waals surface area contributed by atoms with Crippen molar-refractivity contribution in [3.05, 3.63) is 60.7 Å². The summed E-state index contributed by atoms with van der Waals surface area (Å²) in [4.78, 5) is 23.2. The van der Waals surface area contributed by atoms with Gasteiger partial charge in [-0.05, 0) is 41.1 Å². The SMILES string of the molecule is CC(C)C(CC[C@@](C)(NC(=O)O)O[Si](c1ccccc1)(c1ccccc1)C(C)(C)C)NC(=O)O. The van der Waals surface area contributed by atoms with E-state index in [9.17, 15) is 19.8 Å². The largest absolute Gasteiger partial charge is 0.465 e. The van der Waals surface area contributed by atoms with Gasteiger partial charge in [0.1, 0.15) is 5.72 Å². The van der Waals surface area contributed by atoms with Gasteiger partial charge in [-0.3, -0.25) is 5.32 Å². The van der Waals surface area contributed by atoms with E-state index in [1.54, 1.807) is 6.92 Å². The molecule has 34 heavy (non-hydrogen) atoms. The second-order valence-corrected chi connectivity index (χ2v) is 14.5. The lowest BCUT2D eigenvalue weighted by molar-refractivity contribution is 0.0288. The Bertz CT molecular complexity index is 907. The van der Waals surface area contributed by atoms with E-state index < -0.39 is 26.2 Å². The standard InChI is InChI=1S/C26H38N2O5Si/c1-19(2)22(27-23(29)30)17-18-26(6,28-24(31)32)33-34(25(3,4)5,20-13-9-7-10-14-20)21-15-11-8-12-16-21/h7-16,19,22,27-28H,17-18H2,1-6H3,(H,29,30)(H,31,32)/t22?,26-/m0/s1. The highest BCUT2D eigenvalue weighted by Crippen LogP contribution is 2.39. The average Bonchev–Trinajstić information content (AvgIpc) is 2.74. The fourth-order valence-corrected chi connectivity index (χ4v) is 9.27. The minimum Gasteiger partial charge on any atom is -0.465 e. The third kappa shape index (κ3) is 6.61. The van der Waals surface area contributed by atoms with Crippen molar-refractivity contribution in [3.63, 3.8) is 0 Å². The smallest absolute Gasteiger partial charge is 0.406 e. The minimum atomic E-state index is -3.05. The summed E-state index contributed by atoms with van der Waals surface area (Å²) in [5.41, 5.74) is -1.25. The van der Waals surface area contributed by atoms with Crippen LogP contribution in [0.3, 0.4) is 0 Å². The normalized spacial score (nSPS) is 14.8. The lowest BCUT2D eigenvalue weighted by Crippen LogP contribution is -2.71. The summed E-state index contributed by atoms with van der Waals surface area (Å²) in [6.45, 7) is 12.0. The molecule has 0 bridgehead atoms. The maximum atomic E-state index is 11.9. The summed E-state index contributed by atoms with van der Waals surface area (Å²) < 4.78 is 7.08. The molecule has 2 atom stereocenters. The molecule has 0 aromatic heterocycles. The van der Waals surface area contributed by atoms with E-state index in [0.717, 1.165) is 10.4 Å². The van der Waals surface area contributed by atoms with Crippen LogP contribution in [0, 0.1) is 5.92 Å². The number of carboxylic acid groups (broad SMARTS) is 2. The molecule has 0 aliphatic rings. The first-order valence-corrected chi connectivity index (χ1v) is 13.5. The number of amides is 2. The molecule has 0 fully saturated rings. The van der Waals surface area contributed by atoms with Gasteiger partial charge in [0.05, 0.1) is 0 Å². The molecule has 8 heteroatoms. The average molecular weight is 487 g/mol. The van der Waals surface area contributed by atoms with Crippen molar-refractivity contribution < 1.29 is 24.2 Å². The van der Waals surface area contributed by atoms with Gasteiger partial charge in [0.25, 0.3) is 8.32 Å². The van der Waals surface area contributed by atoms with Gasteiger partial charge in [0, 0.05) is 6.04 Å². The molecular weight excluding hydrogens is 448 g/mol. The number of nitrogens with one attached hydrogen (secondary N) is 2. The molecule has 2 aromatic rings. The highest BCUT2D eigenvalue weighted by molar-refractivity contribution is 6.99. The topological polar surface area (TPSA) is 108 Å². The molecule has 0 saturated heterocycles. The summed E-state index contributed by atoms with van der Waals surface area (Å²) in [6, 6.07) is 19.7. The fraction of sp³-hybridized carbons (Fsp3) is 0.462. The van der Waals surface area contributed by atoms with Crippen LogP contribution in [0.1, 0.15) is 54.4 Å². The van der Waals surface area contributed by atoms with Gasteiger partial charge in [-0.1, -0.05) is 95.3 Å². The molecule has 1 unspecified atom stereocenters. The quantitative estimate of drug-likeness (QED) is 0.290. The monoisotopic (exact) mass is 486 g/mol. The fourth-order valence-electron chi connectivity index (χ4n) is 4.51. The van der Waals surface area contributed by atoms with Gasteiger partial charge in [-0.2, -0.15) is 0 Å². The molecule has 0 aliphatic heterocycles. The molecule has 2 amide bonds. The summed E-state index contributed by atoms with van der Waals surface area (Å²) in [7, 11) is -3.05. The zero-order chi connectivity index (χ0) is 25.6. The van der Waals surface area contributed by atoms with E-state index in [1.165, 1.54) is 0 Å². The molecule has 0 aliphatic carbocycles. The Morgan fingerprint density at radius 1 is 0.882 bits per heavy atom. The number of benzene rings is 2. The van der Waals surface area contributed by atoms with Crippen molar-refractivity contribution in [2.75, 3.05) is 0 Å². The maximum absolute atomic E-state index is 11.9. The van der Waals surface area contributed by atoms with Gasteiger partial charge in [-0.15, -0.1) is 0 Å². The summed E-state index contributed by atoms with van der Waals surface area (Å²) >= 11 is 0. The Kier molecular flexibility index (Phi) is 8.91. The summed E-state index contributed by atoms with van der Waals surface area (Å²) in [6.07, 6.45) is -1.57. The molecule has 2 aromatic carbocycles. The molecule has 4 N–H and O–H groups in total. The third-order valence-corrected chi connectivity index (χ3v) is 11.4. The lowest BCUT2D eigenvalue weighted by Gasteiger charge is -2.48. The molecule has 186 valence electrons. The second-order valence-electron chi connectivity index (χ2n) is 10.3. The van der Waals surface area contributed by atoms with Crippen LogP contribution >= 0.6 is 0 Å². The van der Waals surface area contributed by atoms with Gasteiger partial charge in [0.15, 0.2) is 0 Å². The molecule has 0 spiro atoms. The number of hydrogen-bond acceptors (Lipinski definition) is 3. The van der Waals surface area contributed by atoms with Crippen LogP contribution in [0.25, 0.3) is 0 Å². The minimum absolute atomic E-state index is 0.0399. The van der Waals surface area contributed by atoms with Crippen LogP contribution in [0.5, 0.6) is 0 Å². The first kappa shape index (κ1) is 27.4. The predicted molar refractivity (Wildman–Crippen MR) is 137 cm³/mol. The van der Waals surface area contributed by atoms with Crippen molar-refractivity contribution in [2.45, 2.75) is 71.2 Å². The third-order valence-electron chi connectivity index (χ3n) is 6.21. The highest BCUT2D eigenvalue weighted by Gasteiger charge is 2.54. The van der Waals surface area contributed by atoms with Crippen LogP contribution in [0.4, 0.5) is 9.59 Å². The van der Waals surface area contributed by atoms with E-state index >= 15 is 0 Å². The first-order valence-electron chi connectivity index (χ1n) is 11.6. The Morgan fingerprint density at radius 2 is 1.35 bits per heavy atom. The van der Waals surface area contributed by atoms with Gasteiger partial charge < -0.3 is 20.0 Å². The number of hydrogen-bond donors (Lipinski definition) is 4. The van der Waals surface area contributed by atoms with E-state index in [1.807, 2.05) is 50.2 Å². The van der Waals surface area contributed by atoms with Crippen LogP contribution < -0.4 is 21.0 Å². The van der Waals surface area contributed by atoms with Crippen LogP contribution in [-0.2, 0) is 4.43 Å². The van der Waals surface area contributed by atoms with Crippen molar-refractivity contribution >= 4 is 30.9 Å². The highest BCUT2D eigenvalue weighted by atomic mass is 28.4. The maximum Gasteiger partial charge on any atom is 0.406 e. The van der Waals surface area contributed by atoms with Crippen LogP contribution in [-0.4, -0.2) is 42.5 Å². The zero-order valence-corrected chi connectivity index (χ0v) is 22.0. The van der Waals surface area contributed by atoms with Crippen molar-refractivity contribution in [1.82, 2.24) is 10.6 Å². The van der Waals surface area contributed by atoms with Crippen molar-refractivity contribution in [1.29, 1.82) is 0 Å². The lowest BCUT2D eigenvalue weighted by atomic mass is 9.96. The molecule has 0 saturated carbocycles. The Morgan fingerprint density at radius 3 is 1.71 bits per heavy atom. The number of rotatable bonds is 10. The predicted octanol–water partition coefficient (Wildman–Crippen LogP) is 4.62. The van der Waals surface area contributed by atoms with E-state index in [0.29, 0.717) is 12.8 Å². The van der Waals surface area contributed by atoms with E-state index in [-0.39, 0.29) is 17.0 Å². The van der Waals surface area contributed by atoms with Crippen molar-refractivity contribution in [2.24, 2.45) is 5.92 Å². The zero-order valence-electron chi connectivity index (χ0n) is 21.0. The van der Waals surface area contributed by atoms with Gasteiger partial charge >= 0.3 is 12.2 Å². The Balaban J connectivity index is 2.61. The number of carbonyl (C=O) groups is 2. The van der Waals surface area contributed by atoms with Crippen LogP contribution in [0.2, 0.25) is 5.04 Å². The Labute approximate surface area is 203 Å². The van der Waals surface area contributed by atoms with E-state index in [2.05, 4.69) is 55.7 Å². The first-order chi connectivity index (χ1) is 15.8. The molecular formula is C26H38N2O5Si. The summed E-state index contributed by atoms with van der Waals surface area (Å²) in [5.74, 6) is 0.0399. The second kappa shape index (κ2) is 11.1. The molecule has 0 heterocycles. The molecule has 0 radical (unpaired) electrons. The van der Waals surface area contributed by atoms with Crippen molar-refractivity contribution in [3.8, 4) is 0 Å². The van der Waals surface area contributed by atoms with Gasteiger partial charge in [0.2, 0.25) is 0 Å². The summed E-state index contributed by atoms with van der Waals surface area (Å²) in [5, 5.41) is 25.9. The molecule has 2 rings (SSSR count). The van der Waals surface area contributed by atoms with Gasteiger partial charge in [-0.25, -0.2) is 9.59 Å². The molecule has 7 nitrogen and oxygen atoms in total.